The normalized spacial score (nSPS) is 33.6. The summed E-state index contributed by atoms with van der Waals surface area (Å²) in [4.78, 5) is 0. The van der Waals surface area contributed by atoms with Crippen LogP contribution in [0.15, 0.2) is 46.6 Å². The fraction of sp³-hybridized carbons (Fsp3) is 0.714. The van der Waals surface area contributed by atoms with E-state index in [4.69, 9.17) is 5.11 Å². The van der Waals surface area contributed by atoms with Gasteiger partial charge in [0.1, 0.15) is 0 Å². The minimum Gasteiger partial charge on any atom is -0.392 e. The lowest BCUT2D eigenvalue weighted by Crippen LogP contribution is -2.35. The summed E-state index contributed by atoms with van der Waals surface area (Å²) in [6.07, 6.45) is 17.4. The van der Waals surface area contributed by atoms with Crippen LogP contribution in [-0.2, 0) is 0 Å². The third kappa shape index (κ3) is 5.63. The van der Waals surface area contributed by atoms with Crippen LogP contribution >= 0.6 is 11.8 Å². The zero-order valence-electron chi connectivity index (χ0n) is 20.6. The molecule has 3 aliphatic rings. The molecule has 3 rings (SSSR count). The van der Waals surface area contributed by atoms with Crippen molar-refractivity contribution in [1.29, 1.82) is 0 Å². The van der Waals surface area contributed by atoms with Crippen LogP contribution < -0.4 is 0 Å². The Balaban J connectivity index is 1.68. The molecule has 2 unspecified atom stereocenters. The van der Waals surface area contributed by atoms with E-state index < -0.39 is 11.7 Å². The van der Waals surface area contributed by atoms with Crippen LogP contribution in [0.4, 0.5) is 0 Å². The molecule has 2 fully saturated rings. The highest BCUT2D eigenvalue weighted by Crippen LogP contribution is 2.57. The molecular weight excluding hydrogens is 416 g/mol. The molecule has 4 atom stereocenters. The number of rotatable bonds is 8. The van der Waals surface area contributed by atoms with Gasteiger partial charge < -0.3 is 15.3 Å². The fourth-order valence-electron chi connectivity index (χ4n) is 5.99. The van der Waals surface area contributed by atoms with E-state index in [0.717, 1.165) is 43.4 Å². The summed E-state index contributed by atoms with van der Waals surface area (Å²) in [6.45, 7) is 8.98. The van der Waals surface area contributed by atoms with Crippen molar-refractivity contribution >= 4 is 11.8 Å². The predicted octanol–water partition coefficient (Wildman–Crippen LogP) is 6.11. The summed E-state index contributed by atoms with van der Waals surface area (Å²) >= 11 is 1.93. The summed E-state index contributed by atoms with van der Waals surface area (Å²) in [5.41, 5.74) is 5.15. The molecule has 0 aliphatic heterocycles. The summed E-state index contributed by atoms with van der Waals surface area (Å²) in [6, 6.07) is 0. The maximum Gasteiger partial charge on any atom is 0.0788 e. The molecule has 0 radical (unpaired) electrons. The van der Waals surface area contributed by atoms with Gasteiger partial charge in [-0.25, -0.2) is 0 Å². The van der Waals surface area contributed by atoms with E-state index in [2.05, 4.69) is 45.9 Å². The molecule has 32 heavy (non-hydrogen) atoms. The van der Waals surface area contributed by atoms with E-state index >= 15 is 0 Å². The highest BCUT2D eigenvalue weighted by molar-refractivity contribution is 8.00. The fourth-order valence-corrected chi connectivity index (χ4v) is 7.50. The number of fused-ring (bicyclic) bond motifs is 1. The molecule has 0 heterocycles. The first-order valence-electron chi connectivity index (χ1n) is 12.7. The second kappa shape index (κ2) is 11.1. The molecule has 3 nitrogen and oxygen atoms in total. The van der Waals surface area contributed by atoms with Gasteiger partial charge in [0.15, 0.2) is 0 Å². The Morgan fingerprint density at radius 2 is 1.94 bits per heavy atom. The molecule has 3 aliphatic carbocycles. The van der Waals surface area contributed by atoms with Crippen molar-refractivity contribution < 1.29 is 15.3 Å². The van der Waals surface area contributed by atoms with Crippen molar-refractivity contribution in [2.75, 3.05) is 12.4 Å². The van der Waals surface area contributed by atoms with Crippen molar-refractivity contribution in [2.45, 2.75) is 102 Å². The third-order valence-corrected chi connectivity index (χ3v) is 9.93. The van der Waals surface area contributed by atoms with Crippen LogP contribution in [0.25, 0.3) is 0 Å². The van der Waals surface area contributed by atoms with Crippen LogP contribution in [-0.4, -0.2) is 44.6 Å². The molecule has 0 aromatic heterocycles. The van der Waals surface area contributed by atoms with Gasteiger partial charge in [-0.15, -0.1) is 0 Å². The van der Waals surface area contributed by atoms with Gasteiger partial charge in [0, 0.05) is 11.0 Å². The van der Waals surface area contributed by atoms with Gasteiger partial charge in [0.25, 0.3) is 0 Å². The first-order chi connectivity index (χ1) is 15.3. The molecule has 0 aromatic rings. The minimum absolute atomic E-state index is 0.0119. The largest absolute Gasteiger partial charge is 0.392 e. The molecule has 0 saturated heterocycles. The van der Waals surface area contributed by atoms with Crippen LogP contribution in [0.1, 0.15) is 85.5 Å². The van der Waals surface area contributed by atoms with E-state index in [9.17, 15) is 10.2 Å². The molecule has 0 spiro atoms. The minimum atomic E-state index is -0.543. The number of hydrogen-bond acceptors (Lipinski definition) is 4. The average molecular weight is 461 g/mol. The average Bonchev–Trinajstić information content (AvgIpc) is 3.15. The Morgan fingerprint density at radius 3 is 2.59 bits per heavy atom. The summed E-state index contributed by atoms with van der Waals surface area (Å²) in [5.74, 6) is 1.39. The van der Waals surface area contributed by atoms with Crippen molar-refractivity contribution in [3.05, 3.63) is 46.6 Å². The van der Waals surface area contributed by atoms with Gasteiger partial charge in [-0.3, -0.25) is 0 Å². The number of aliphatic hydroxyl groups is 3. The van der Waals surface area contributed by atoms with E-state index in [1.807, 2.05) is 11.8 Å². The first-order valence-corrected chi connectivity index (χ1v) is 13.7. The lowest BCUT2D eigenvalue weighted by atomic mass is 9.64. The first kappa shape index (κ1) is 25.8. The van der Waals surface area contributed by atoms with Crippen LogP contribution in [0.5, 0.6) is 0 Å². The van der Waals surface area contributed by atoms with Crippen LogP contribution in [0.2, 0.25) is 0 Å². The predicted molar refractivity (Wildman–Crippen MR) is 137 cm³/mol. The Hall–Kier alpha value is -0.810. The molecule has 0 bridgehead atoms. The summed E-state index contributed by atoms with van der Waals surface area (Å²) in [5, 5.41) is 30.7. The Morgan fingerprint density at radius 1 is 1.19 bits per heavy atom. The number of thioether (sulfide) groups is 1. The van der Waals surface area contributed by atoms with Crippen molar-refractivity contribution in [1.82, 2.24) is 0 Å². The Labute approximate surface area is 199 Å². The van der Waals surface area contributed by atoms with Gasteiger partial charge >= 0.3 is 0 Å². The van der Waals surface area contributed by atoms with Crippen LogP contribution in [0.3, 0.4) is 0 Å². The third-order valence-electron chi connectivity index (χ3n) is 8.47. The van der Waals surface area contributed by atoms with Gasteiger partial charge in [-0.1, -0.05) is 61.8 Å². The van der Waals surface area contributed by atoms with Gasteiger partial charge in [0.2, 0.25) is 0 Å². The monoisotopic (exact) mass is 460 g/mol. The molecule has 0 amide bonds. The highest BCUT2D eigenvalue weighted by atomic mass is 32.2. The van der Waals surface area contributed by atoms with E-state index in [1.54, 1.807) is 17.2 Å². The molecular formula is C28H44O3S. The second-order valence-electron chi connectivity index (χ2n) is 10.4. The zero-order chi connectivity index (χ0) is 23.4. The smallest absolute Gasteiger partial charge is 0.0788 e. The summed E-state index contributed by atoms with van der Waals surface area (Å²) in [7, 11) is 0. The van der Waals surface area contributed by atoms with Gasteiger partial charge in [-0.05, 0) is 81.6 Å². The molecule has 2 saturated carbocycles. The summed E-state index contributed by atoms with van der Waals surface area (Å²) < 4.78 is 0. The Kier molecular flexibility index (Phi) is 8.93. The Bertz CT molecular complexity index is 774. The van der Waals surface area contributed by atoms with Crippen LogP contribution in [0, 0.1) is 11.3 Å². The number of aliphatic hydroxyl groups excluding tert-OH is 2. The van der Waals surface area contributed by atoms with Crippen molar-refractivity contribution in [3.63, 3.8) is 0 Å². The van der Waals surface area contributed by atoms with E-state index in [1.165, 1.54) is 24.8 Å². The van der Waals surface area contributed by atoms with Gasteiger partial charge in [-0.2, -0.15) is 11.8 Å². The molecule has 3 N–H and O–H groups in total. The number of hydrogen-bond donors (Lipinski definition) is 3. The highest BCUT2D eigenvalue weighted by Gasteiger charge is 2.46. The maximum atomic E-state index is 10.7. The molecule has 0 aromatic carbocycles. The standard InChI is InChI=1S/C28H44O3S/c1-5-28(31,6-2)19-32-20(3)24-13-14-25-22(8-7-16-27(24,25)4)11-9-21-10-12-23(15-17-29)26(30)18-21/h9,11,13,15,20,25-26,29-31H,5-8,10,12,14,16-19H2,1-4H3/b21-9-,22-11+,23-15+/t20-,25?,26+,27?/m0/s1. The quantitative estimate of drug-likeness (QED) is 0.382. The molecule has 180 valence electrons. The second-order valence-corrected chi connectivity index (χ2v) is 11.7. The van der Waals surface area contributed by atoms with Crippen molar-refractivity contribution in [2.24, 2.45) is 11.3 Å². The SMILES string of the molecule is CCC(O)(CC)CS[C@@H](C)C1=CCC2/C(=C/C=C3/CC/C(=C\CO)[C@H](O)C3)CCCC12C. The van der Waals surface area contributed by atoms with E-state index in [-0.39, 0.29) is 12.0 Å². The maximum absolute atomic E-state index is 10.7. The number of allylic oxidation sites excluding steroid dienone is 4. The van der Waals surface area contributed by atoms with Gasteiger partial charge in [0.05, 0.1) is 18.3 Å². The zero-order valence-corrected chi connectivity index (χ0v) is 21.4. The topological polar surface area (TPSA) is 60.7 Å². The lowest BCUT2D eigenvalue weighted by molar-refractivity contribution is 0.0571. The van der Waals surface area contributed by atoms with E-state index in [0.29, 0.717) is 17.6 Å². The van der Waals surface area contributed by atoms with Crippen molar-refractivity contribution in [3.8, 4) is 0 Å². The molecule has 4 heteroatoms. The lowest BCUT2D eigenvalue weighted by Gasteiger charge is -2.42.